The molecular weight excluding hydrogens is 200 g/mol. The van der Waals surface area contributed by atoms with Crippen molar-refractivity contribution >= 4 is 11.0 Å². The first-order valence-corrected chi connectivity index (χ1v) is 5.12. The fourth-order valence-corrected chi connectivity index (χ4v) is 1.84. The normalized spacial score (nSPS) is 10.8. The number of nitrogens with zero attached hydrogens (tertiary/aromatic N) is 2. The molecule has 1 aromatic carbocycles. The van der Waals surface area contributed by atoms with Gasteiger partial charge in [0.05, 0.1) is 11.1 Å². The number of rotatable bonds is 1. The van der Waals surface area contributed by atoms with Gasteiger partial charge in [0, 0.05) is 17.8 Å². The lowest BCUT2D eigenvalue weighted by atomic mass is 10.1. The van der Waals surface area contributed by atoms with E-state index in [4.69, 9.17) is 4.52 Å². The summed E-state index contributed by atoms with van der Waals surface area (Å²) in [7, 11) is 0. The van der Waals surface area contributed by atoms with Gasteiger partial charge in [0.15, 0.2) is 5.58 Å². The number of pyridine rings is 1. The number of hydrogen-bond donors (Lipinski definition) is 0. The summed E-state index contributed by atoms with van der Waals surface area (Å²) in [6.45, 7) is 1.96. The van der Waals surface area contributed by atoms with Gasteiger partial charge in [-0.05, 0) is 6.92 Å². The largest absolute Gasteiger partial charge is 0.356 e. The van der Waals surface area contributed by atoms with Gasteiger partial charge in [-0.3, -0.25) is 4.98 Å². The van der Waals surface area contributed by atoms with Crippen LogP contribution >= 0.6 is 0 Å². The SMILES string of the molecule is Cc1nccc2onc(-c3ccccc3)c12. The lowest BCUT2D eigenvalue weighted by Crippen LogP contribution is -1.83. The van der Waals surface area contributed by atoms with E-state index in [1.165, 1.54) is 0 Å². The van der Waals surface area contributed by atoms with E-state index in [1.807, 2.05) is 43.3 Å². The lowest BCUT2D eigenvalue weighted by Gasteiger charge is -1.97. The molecule has 78 valence electrons. The molecule has 0 amide bonds. The van der Waals surface area contributed by atoms with Crippen LogP contribution in [0.1, 0.15) is 5.69 Å². The molecule has 3 aromatic rings. The van der Waals surface area contributed by atoms with Crippen molar-refractivity contribution in [2.75, 3.05) is 0 Å². The first kappa shape index (κ1) is 9.09. The minimum absolute atomic E-state index is 0.784. The molecule has 0 fully saturated rings. The van der Waals surface area contributed by atoms with Gasteiger partial charge >= 0.3 is 0 Å². The van der Waals surface area contributed by atoms with Crippen molar-refractivity contribution < 1.29 is 4.52 Å². The number of aromatic nitrogens is 2. The van der Waals surface area contributed by atoms with E-state index in [0.29, 0.717) is 0 Å². The van der Waals surface area contributed by atoms with Crippen LogP contribution in [0.25, 0.3) is 22.2 Å². The minimum atomic E-state index is 0.784. The maximum absolute atomic E-state index is 5.29. The molecule has 3 nitrogen and oxygen atoms in total. The number of benzene rings is 1. The zero-order chi connectivity index (χ0) is 11.0. The second-order valence-corrected chi connectivity index (χ2v) is 3.67. The molecule has 0 aliphatic carbocycles. The number of hydrogen-bond acceptors (Lipinski definition) is 3. The van der Waals surface area contributed by atoms with Crippen LogP contribution in [0.3, 0.4) is 0 Å². The van der Waals surface area contributed by atoms with Gasteiger partial charge < -0.3 is 4.52 Å². The first-order valence-electron chi connectivity index (χ1n) is 5.12. The topological polar surface area (TPSA) is 38.9 Å². The summed E-state index contributed by atoms with van der Waals surface area (Å²) < 4.78 is 5.29. The van der Waals surface area contributed by atoms with Crippen LogP contribution in [0.5, 0.6) is 0 Å². The van der Waals surface area contributed by atoms with E-state index in [2.05, 4.69) is 10.1 Å². The fraction of sp³-hybridized carbons (Fsp3) is 0.0769. The molecule has 2 heterocycles. The summed E-state index contributed by atoms with van der Waals surface area (Å²) in [6, 6.07) is 11.8. The Morgan fingerprint density at radius 1 is 1.06 bits per heavy atom. The molecular formula is C13H10N2O. The summed E-state index contributed by atoms with van der Waals surface area (Å²) in [4.78, 5) is 4.27. The molecule has 0 radical (unpaired) electrons. The van der Waals surface area contributed by atoms with E-state index in [0.717, 1.165) is 27.9 Å². The monoisotopic (exact) mass is 210 g/mol. The molecule has 0 aliphatic rings. The highest BCUT2D eigenvalue weighted by molar-refractivity contribution is 5.92. The van der Waals surface area contributed by atoms with Crippen molar-refractivity contribution in [3.63, 3.8) is 0 Å². The zero-order valence-corrected chi connectivity index (χ0v) is 8.84. The second-order valence-electron chi connectivity index (χ2n) is 3.67. The summed E-state index contributed by atoms with van der Waals surface area (Å²) in [5, 5.41) is 5.11. The molecule has 3 heteroatoms. The predicted octanol–water partition coefficient (Wildman–Crippen LogP) is 3.20. The van der Waals surface area contributed by atoms with Gasteiger partial charge in [-0.25, -0.2) is 0 Å². The minimum Gasteiger partial charge on any atom is -0.356 e. The van der Waals surface area contributed by atoms with E-state index >= 15 is 0 Å². The predicted molar refractivity (Wildman–Crippen MR) is 62.0 cm³/mol. The van der Waals surface area contributed by atoms with E-state index < -0.39 is 0 Å². The quantitative estimate of drug-likeness (QED) is 0.619. The molecule has 3 rings (SSSR count). The third-order valence-electron chi connectivity index (χ3n) is 2.62. The Kier molecular flexibility index (Phi) is 1.96. The van der Waals surface area contributed by atoms with Gasteiger partial charge in [-0.1, -0.05) is 35.5 Å². The van der Waals surface area contributed by atoms with Crippen LogP contribution in [0, 0.1) is 6.92 Å². The Morgan fingerprint density at radius 2 is 1.88 bits per heavy atom. The summed E-state index contributed by atoms with van der Waals surface area (Å²) in [5.74, 6) is 0. The van der Waals surface area contributed by atoms with Crippen LogP contribution < -0.4 is 0 Å². The third kappa shape index (κ3) is 1.29. The molecule has 0 saturated carbocycles. The van der Waals surface area contributed by atoms with E-state index in [-0.39, 0.29) is 0 Å². The van der Waals surface area contributed by atoms with Crippen LogP contribution in [-0.2, 0) is 0 Å². The molecule has 0 saturated heterocycles. The summed E-state index contributed by atoms with van der Waals surface area (Å²) >= 11 is 0. The highest BCUT2D eigenvalue weighted by Gasteiger charge is 2.12. The van der Waals surface area contributed by atoms with Crippen LogP contribution in [0.15, 0.2) is 47.1 Å². The van der Waals surface area contributed by atoms with Gasteiger partial charge in [0.1, 0.15) is 5.69 Å². The Morgan fingerprint density at radius 3 is 2.69 bits per heavy atom. The van der Waals surface area contributed by atoms with E-state index in [1.54, 1.807) is 6.20 Å². The van der Waals surface area contributed by atoms with Gasteiger partial charge in [-0.15, -0.1) is 0 Å². The zero-order valence-electron chi connectivity index (χ0n) is 8.84. The van der Waals surface area contributed by atoms with Crippen molar-refractivity contribution in [3.8, 4) is 11.3 Å². The highest BCUT2D eigenvalue weighted by Crippen LogP contribution is 2.28. The van der Waals surface area contributed by atoms with Crippen LogP contribution in [0.2, 0.25) is 0 Å². The first-order chi connectivity index (χ1) is 7.86. The molecule has 0 atom stereocenters. The molecule has 0 bridgehead atoms. The maximum Gasteiger partial charge on any atom is 0.170 e. The second kappa shape index (κ2) is 3.45. The molecule has 2 aromatic heterocycles. The van der Waals surface area contributed by atoms with Gasteiger partial charge in [0.25, 0.3) is 0 Å². The fourth-order valence-electron chi connectivity index (χ4n) is 1.84. The van der Waals surface area contributed by atoms with E-state index in [9.17, 15) is 0 Å². The van der Waals surface area contributed by atoms with Crippen molar-refractivity contribution in [1.82, 2.24) is 10.1 Å². The standard InChI is InChI=1S/C13H10N2O/c1-9-12-11(7-8-14-9)16-15-13(12)10-5-3-2-4-6-10/h2-8H,1H3. The molecule has 16 heavy (non-hydrogen) atoms. The van der Waals surface area contributed by atoms with Gasteiger partial charge in [-0.2, -0.15) is 0 Å². The average Bonchev–Trinajstić information content (AvgIpc) is 2.75. The Labute approximate surface area is 92.7 Å². The smallest absolute Gasteiger partial charge is 0.170 e. The summed E-state index contributed by atoms with van der Waals surface area (Å²) in [5.41, 5.74) is 3.64. The third-order valence-corrected chi connectivity index (χ3v) is 2.62. The van der Waals surface area contributed by atoms with Crippen molar-refractivity contribution in [2.24, 2.45) is 0 Å². The molecule has 0 N–H and O–H groups in total. The van der Waals surface area contributed by atoms with Crippen LogP contribution in [-0.4, -0.2) is 10.1 Å². The lowest BCUT2D eigenvalue weighted by molar-refractivity contribution is 0.459. The molecule has 0 aliphatic heterocycles. The van der Waals surface area contributed by atoms with Crippen molar-refractivity contribution in [1.29, 1.82) is 0 Å². The highest BCUT2D eigenvalue weighted by atomic mass is 16.5. The van der Waals surface area contributed by atoms with Gasteiger partial charge in [0.2, 0.25) is 0 Å². The molecule has 0 spiro atoms. The maximum atomic E-state index is 5.29. The average molecular weight is 210 g/mol. The molecule has 0 unspecified atom stereocenters. The Hall–Kier alpha value is -2.16. The van der Waals surface area contributed by atoms with Crippen molar-refractivity contribution in [2.45, 2.75) is 6.92 Å². The Bertz CT molecular complexity index is 629. The summed E-state index contributed by atoms with van der Waals surface area (Å²) in [6.07, 6.45) is 1.73. The Balaban J connectivity index is 2.33. The number of fused-ring (bicyclic) bond motifs is 1. The number of aryl methyl sites for hydroxylation is 1. The van der Waals surface area contributed by atoms with Crippen molar-refractivity contribution in [3.05, 3.63) is 48.3 Å². The van der Waals surface area contributed by atoms with Crippen LogP contribution in [0.4, 0.5) is 0 Å².